The lowest BCUT2D eigenvalue weighted by Gasteiger charge is -2.20. The van der Waals surface area contributed by atoms with E-state index in [1.807, 2.05) is 13.8 Å². The topological polar surface area (TPSA) is 83.0 Å². The number of carbonyl (C=O) groups is 1. The van der Waals surface area contributed by atoms with E-state index in [2.05, 4.69) is 25.6 Å². The Balaban J connectivity index is 2.87. The summed E-state index contributed by atoms with van der Waals surface area (Å²) in [5.74, 6) is 0.675. The van der Waals surface area contributed by atoms with Crippen LogP contribution in [0.3, 0.4) is 0 Å². The number of aromatic nitrogens is 3. The smallest absolute Gasteiger partial charge is 0.239 e. The first kappa shape index (κ1) is 14.4. The van der Waals surface area contributed by atoms with Crippen LogP contribution in [0, 0.1) is 0 Å². The predicted octanol–water partition coefficient (Wildman–Crippen LogP) is 0.529. The number of nitrogens with zero attached hydrogens (tertiary/aromatic N) is 4. The van der Waals surface area contributed by atoms with Gasteiger partial charge in [-0.3, -0.25) is 4.79 Å². The van der Waals surface area contributed by atoms with Crippen LogP contribution in [0.2, 0.25) is 5.28 Å². The lowest BCUT2D eigenvalue weighted by molar-refractivity contribution is -0.119. The van der Waals surface area contributed by atoms with Crippen molar-refractivity contribution < 1.29 is 4.79 Å². The van der Waals surface area contributed by atoms with Crippen LogP contribution in [0.4, 0.5) is 11.9 Å². The predicted molar refractivity (Wildman–Crippen MR) is 71.0 cm³/mol. The molecule has 2 N–H and O–H groups in total. The van der Waals surface area contributed by atoms with Crippen molar-refractivity contribution in [2.75, 3.05) is 36.9 Å². The number of amides is 1. The van der Waals surface area contributed by atoms with E-state index in [4.69, 9.17) is 11.6 Å². The van der Waals surface area contributed by atoms with Gasteiger partial charge in [0.25, 0.3) is 0 Å². The number of hydrogen-bond acceptors (Lipinski definition) is 6. The molecule has 0 unspecified atom stereocenters. The third kappa shape index (κ3) is 3.99. The summed E-state index contributed by atoms with van der Waals surface area (Å²) in [6.45, 7) is 5.16. The number of rotatable bonds is 6. The van der Waals surface area contributed by atoms with Gasteiger partial charge in [0.2, 0.25) is 23.1 Å². The molecule has 7 nitrogen and oxygen atoms in total. The Kier molecular flexibility index (Phi) is 5.57. The van der Waals surface area contributed by atoms with Crippen molar-refractivity contribution in [1.29, 1.82) is 0 Å². The Bertz CT molecular complexity index is 413. The summed E-state index contributed by atoms with van der Waals surface area (Å²) in [6.07, 6.45) is 0. The minimum absolute atomic E-state index is 0.0816. The molecule has 0 fully saturated rings. The summed E-state index contributed by atoms with van der Waals surface area (Å²) in [5.41, 5.74) is 0. The first-order valence-corrected chi connectivity index (χ1v) is 6.09. The molecule has 0 saturated carbocycles. The Morgan fingerprint density at radius 3 is 2.61 bits per heavy atom. The van der Waals surface area contributed by atoms with Gasteiger partial charge in [-0.05, 0) is 25.4 Å². The molecule has 0 aromatic carbocycles. The van der Waals surface area contributed by atoms with Crippen LogP contribution in [0.15, 0.2) is 0 Å². The normalized spacial score (nSPS) is 10.0. The average Bonchev–Trinajstić information content (AvgIpc) is 2.35. The summed E-state index contributed by atoms with van der Waals surface area (Å²) < 4.78 is 0. The summed E-state index contributed by atoms with van der Waals surface area (Å²) in [4.78, 5) is 25.3. The quantitative estimate of drug-likeness (QED) is 0.786. The fraction of sp³-hybridized carbons (Fsp3) is 0.600. The maximum absolute atomic E-state index is 11.6. The molecule has 0 radical (unpaired) electrons. The van der Waals surface area contributed by atoms with Gasteiger partial charge in [-0.25, -0.2) is 0 Å². The van der Waals surface area contributed by atoms with Crippen molar-refractivity contribution in [1.82, 2.24) is 20.3 Å². The van der Waals surface area contributed by atoms with Crippen molar-refractivity contribution in [2.45, 2.75) is 13.8 Å². The van der Waals surface area contributed by atoms with Crippen LogP contribution < -0.4 is 15.5 Å². The molecule has 0 bridgehead atoms. The highest BCUT2D eigenvalue weighted by Crippen LogP contribution is 2.12. The highest BCUT2D eigenvalue weighted by atomic mass is 35.5. The van der Waals surface area contributed by atoms with Gasteiger partial charge >= 0.3 is 0 Å². The van der Waals surface area contributed by atoms with E-state index in [1.165, 1.54) is 0 Å². The maximum atomic E-state index is 11.6. The van der Waals surface area contributed by atoms with Gasteiger partial charge < -0.3 is 15.5 Å². The summed E-state index contributed by atoms with van der Waals surface area (Å²) in [7, 11) is 1.69. The summed E-state index contributed by atoms with van der Waals surface area (Å²) in [5, 5.41) is 5.61. The van der Waals surface area contributed by atoms with Gasteiger partial charge in [-0.15, -0.1) is 0 Å². The van der Waals surface area contributed by atoms with Crippen LogP contribution >= 0.6 is 11.6 Å². The molecular formula is C10H17ClN6O. The lowest BCUT2D eigenvalue weighted by Crippen LogP contribution is -2.38. The number of anilines is 2. The second kappa shape index (κ2) is 6.95. The largest absolute Gasteiger partial charge is 0.357 e. The highest BCUT2D eigenvalue weighted by Gasteiger charge is 2.14. The molecule has 0 aliphatic rings. The molecule has 8 heteroatoms. The zero-order chi connectivity index (χ0) is 13.5. The first-order chi connectivity index (χ1) is 8.60. The number of likely N-dealkylation sites (N-methyl/N-ethyl adjacent to an activating group) is 2. The number of nitrogens with one attached hydrogen (secondary N) is 2. The van der Waals surface area contributed by atoms with Crippen molar-refractivity contribution >= 4 is 29.4 Å². The van der Waals surface area contributed by atoms with E-state index < -0.39 is 0 Å². The van der Waals surface area contributed by atoms with Gasteiger partial charge in [0.05, 0.1) is 6.54 Å². The number of hydrogen-bond donors (Lipinski definition) is 2. The Hall–Kier alpha value is -1.63. The Morgan fingerprint density at radius 2 is 2.06 bits per heavy atom. The van der Waals surface area contributed by atoms with Gasteiger partial charge in [-0.2, -0.15) is 15.0 Å². The van der Waals surface area contributed by atoms with E-state index in [0.29, 0.717) is 25.0 Å². The van der Waals surface area contributed by atoms with E-state index >= 15 is 0 Å². The molecule has 0 saturated heterocycles. The lowest BCUT2D eigenvalue weighted by atomic mass is 10.4. The van der Waals surface area contributed by atoms with Crippen molar-refractivity contribution in [3.05, 3.63) is 5.28 Å². The first-order valence-electron chi connectivity index (χ1n) is 5.71. The van der Waals surface area contributed by atoms with E-state index in [9.17, 15) is 4.79 Å². The number of halogens is 1. The van der Waals surface area contributed by atoms with Gasteiger partial charge in [0, 0.05) is 20.1 Å². The molecule has 0 spiro atoms. The second-order valence-corrected chi connectivity index (χ2v) is 3.78. The Labute approximate surface area is 111 Å². The van der Waals surface area contributed by atoms with Crippen molar-refractivity contribution in [3.63, 3.8) is 0 Å². The summed E-state index contributed by atoms with van der Waals surface area (Å²) >= 11 is 5.80. The van der Waals surface area contributed by atoms with Gasteiger partial charge in [-0.1, -0.05) is 0 Å². The van der Waals surface area contributed by atoms with Crippen LogP contribution in [0.25, 0.3) is 0 Å². The molecule has 1 heterocycles. The van der Waals surface area contributed by atoms with Crippen LogP contribution in [-0.4, -0.2) is 47.5 Å². The average molecular weight is 273 g/mol. The molecule has 0 aliphatic carbocycles. The molecule has 0 aliphatic heterocycles. The third-order valence-corrected chi connectivity index (χ3v) is 2.36. The minimum Gasteiger partial charge on any atom is -0.357 e. The number of carbonyl (C=O) groups excluding carboxylic acids is 1. The molecule has 100 valence electrons. The highest BCUT2D eigenvalue weighted by molar-refractivity contribution is 6.28. The fourth-order valence-electron chi connectivity index (χ4n) is 1.34. The molecule has 1 rings (SSSR count). The van der Waals surface area contributed by atoms with Gasteiger partial charge in [0.15, 0.2) is 0 Å². The molecular weight excluding hydrogens is 256 g/mol. The van der Waals surface area contributed by atoms with E-state index in [0.717, 1.165) is 0 Å². The Morgan fingerprint density at radius 1 is 1.33 bits per heavy atom. The van der Waals surface area contributed by atoms with Crippen LogP contribution in [-0.2, 0) is 4.79 Å². The standard InChI is InChI=1S/C10H17ClN6O/c1-4-13-7(18)6-17(5-2)10-15-8(11)14-9(12-3)16-10/h4-6H2,1-3H3,(H,13,18)(H,12,14,15,16). The monoisotopic (exact) mass is 272 g/mol. The molecule has 1 amide bonds. The molecule has 18 heavy (non-hydrogen) atoms. The van der Waals surface area contributed by atoms with Crippen LogP contribution in [0.1, 0.15) is 13.8 Å². The third-order valence-electron chi connectivity index (χ3n) is 2.19. The molecule has 0 atom stereocenters. The molecule has 1 aromatic rings. The SMILES string of the molecule is CCNC(=O)CN(CC)c1nc(Cl)nc(NC)n1. The maximum Gasteiger partial charge on any atom is 0.239 e. The second-order valence-electron chi connectivity index (χ2n) is 3.45. The van der Waals surface area contributed by atoms with E-state index in [-0.39, 0.29) is 17.7 Å². The minimum atomic E-state index is -0.0816. The molecule has 1 aromatic heterocycles. The zero-order valence-corrected chi connectivity index (χ0v) is 11.5. The van der Waals surface area contributed by atoms with Crippen molar-refractivity contribution in [3.8, 4) is 0 Å². The van der Waals surface area contributed by atoms with Crippen LogP contribution in [0.5, 0.6) is 0 Å². The van der Waals surface area contributed by atoms with Crippen molar-refractivity contribution in [2.24, 2.45) is 0 Å². The van der Waals surface area contributed by atoms with Gasteiger partial charge in [0.1, 0.15) is 0 Å². The summed E-state index contributed by atoms with van der Waals surface area (Å²) in [6, 6.07) is 0. The zero-order valence-electron chi connectivity index (χ0n) is 10.7. The fourth-order valence-corrected chi connectivity index (χ4v) is 1.50. The van der Waals surface area contributed by atoms with E-state index in [1.54, 1.807) is 11.9 Å².